The van der Waals surface area contributed by atoms with Crippen LogP contribution in [0.1, 0.15) is 59.1 Å². The molecule has 2 heterocycles. The molecule has 0 spiro atoms. The molecule has 0 unspecified atom stereocenters. The van der Waals surface area contributed by atoms with Crippen molar-refractivity contribution in [1.82, 2.24) is 14.7 Å². The Morgan fingerprint density at radius 2 is 1.63 bits per heavy atom. The normalized spacial score (nSPS) is 15.4. The second-order valence-corrected chi connectivity index (χ2v) is 12.5. The van der Waals surface area contributed by atoms with Crippen LogP contribution in [0.5, 0.6) is 0 Å². The second-order valence-electron chi connectivity index (χ2n) is 12.5. The average Bonchev–Trinajstić information content (AvgIpc) is 3.53. The minimum Gasteiger partial charge on any atom is -0.444 e. The van der Waals surface area contributed by atoms with Gasteiger partial charge in [0.15, 0.2) is 5.82 Å². The van der Waals surface area contributed by atoms with Crippen molar-refractivity contribution < 1.29 is 19.1 Å². The molecule has 1 fully saturated rings. The summed E-state index contributed by atoms with van der Waals surface area (Å²) < 4.78 is 13.1. The number of hydrogen-bond donors (Lipinski definition) is 0. The Morgan fingerprint density at radius 1 is 1.00 bits per heavy atom. The van der Waals surface area contributed by atoms with Crippen molar-refractivity contribution in [2.75, 3.05) is 24.5 Å². The maximum atomic E-state index is 13.6. The Bertz CT molecular complexity index is 1420. The third kappa shape index (κ3) is 7.66. The number of amides is 2. The molecule has 1 aliphatic heterocycles. The van der Waals surface area contributed by atoms with Crippen LogP contribution in [0.15, 0.2) is 54.6 Å². The third-order valence-corrected chi connectivity index (χ3v) is 6.55. The van der Waals surface area contributed by atoms with Gasteiger partial charge in [-0.05, 0) is 85.1 Å². The molecule has 4 rings (SSSR count). The van der Waals surface area contributed by atoms with Gasteiger partial charge in [-0.1, -0.05) is 29.8 Å². The first-order valence-electron chi connectivity index (χ1n) is 13.9. The molecule has 9 nitrogen and oxygen atoms in total. The Morgan fingerprint density at radius 3 is 2.22 bits per heavy atom. The maximum Gasteiger partial charge on any atom is 0.416 e. The SMILES string of the molecule is Cc1ccc(-c2cc(N(C[C@@H]3CCN(C(=O)OC(C)(C)C)C3)C(=O)OC(C)(C)C)nn2-c2ccc(C#N)cc2)cc1. The zero-order valence-electron chi connectivity index (χ0n) is 25.0. The molecule has 0 bridgehead atoms. The van der Waals surface area contributed by atoms with Gasteiger partial charge in [-0.3, -0.25) is 4.90 Å². The number of hydrogen-bond acceptors (Lipinski definition) is 6. The van der Waals surface area contributed by atoms with E-state index in [4.69, 9.17) is 14.6 Å². The minimum atomic E-state index is -0.705. The van der Waals surface area contributed by atoms with Gasteiger partial charge in [0.2, 0.25) is 0 Å². The van der Waals surface area contributed by atoms with Crippen molar-refractivity contribution in [3.63, 3.8) is 0 Å². The van der Waals surface area contributed by atoms with Crippen LogP contribution in [0.25, 0.3) is 16.9 Å². The van der Waals surface area contributed by atoms with E-state index in [-0.39, 0.29) is 12.0 Å². The molecule has 1 aliphatic rings. The average molecular weight is 558 g/mol. The number of ether oxygens (including phenoxy) is 2. The van der Waals surface area contributed by atoms with Crippen molar-refractivity contribution in [2.45, 2.75) is 66.1 Å². The van der Waals surface area contributed by atoms with Gasteiger partial charge in [-0.15, -0.1) is 5.10 Å². The number of likely N-dealkylation sites (tertiary alicyclic amines) is 1. The fourth-order valence-corrected chi connectivity index (χ4v) is 4.62. The van der Waals surface area contributed by atoms with Crippen molar-refractivity contribution >= 4 is 18.0 Å². The van der Waals surface area contributed by atoms with E-state index in [2.05, 4.69) is 6.07 Å². The first-order valence-corrected chi connectivity index (χ1v) is 13.9. The summed E-state index contributed by atoms with van der Waals surface area (Å²) >= 11 is 0. The summed E-state index contributed by atoms with van der Waals surface area (Å²) in [7, 11) is 0. The topological polar surface area (TPSA) is 101 Å². The highest BCUT2D eigenvalue weighted by Crippen LogP contribution is 2.31. The number of rotatable bonds is 5. The van der Waals surface area contributed by atoms with Gasteiger partial charge < -0.3 is 14.4 Å². The Hall–Kier alpha value is -4.32. The summed E-state index contributed by atoms with van der Waals surface area (Å²) in [6.07, 6.45) is -0.136. The lowest BCUT2D eigenvalue weighted by atomic mass is 10.1. The van der Waals surface area contributed by atoms with E-state index in [1.165, 1.54) is 0 Å². The Labute approximate surface area is 242 Å². The van der Waals surface area contributed by atoms with Crippen molar-refractivity contribution in [1.29, 1.82) is 5.26 Å². The highest BCUT2D eigenvalue weighted by Gasteiger charge is 2.34. The summed E-state index contributed by atoms with van der Waals surface area (Å²) in [5.41, 5.74) is 2.87. The predicted molar refractivity (Wildman–Crippen MR) is 158 cm³/mol. The third-order valence-electron chi connectivity index (χ3n) is 6.55. The van der Waals surface area contributed by atoms with Gasteiger partial charge in [-0.25, -0.2) is 14.3 Å². The van der Waals surface area contributed by atoms with Gasteiger partial charge in [0, 0.05) is 31.3 Å². The molecule has 1 atom stereocenters. The molecule has 3 aromatic rings. The molecule has 0 aliphatic carbocycles. The number of nitriles is 1. The summed E-state index contributed by atoms with van der Waals surface area (Å²) in [5, 5.41) is 14.2. The number of nitrogens with zero attached hydrogens (tertiary/aromatic N) is 5. The standard InChI is InChI=1S/C32H39N5O4/c1-22-8-12-25(13-9-22)27-18-28(34-37(27)26-14-10-23(19-33)11-15-26)36(30(39)41-32(5,6)7)21-24-16-17-35(20-24)29(38)40-31(2,3)4/h8-15,18,24H,16-17,20-21H2,1-7H3/t24-/m1/s1. The molecule has 216 valence electrons. The molecule has 0 N–H and O–H groups in total. The van der Waals surface area contributed by atoms with Crippen LogP contribution < -0.4 is 4.90 Å². The van der Waals surface area contributed by atoms with E-state index in [1.807, 2.05) is 90.9 Å². The van der Waals surface area contributed by atoms with Crippen LogP contribution in [0.2, 0.25) is 0 Å². The summed E-state index contributed by atoms with van der Waals surface area (Å²) in [6.45, 7) is 14.4. The maximum absolute atomic E-state index is 13.6. The van der Waals surface area contributed by atoms with E-state index in [9.17, 15) is 14.9 Å². The van der Waals surface area contributed by atoms with Gasteiger partial charge in [0.05, 0.1) is 23.0 Å². The second kappa shape index (κ2) is 11.7. The zero-order chi connectivity index (χ0) is 29.9. The molecular formula is C32H39N5O4. The van der Waals surface area contributed by atoms with Gasteiger partial charge >= 0.3 is 12.2 Å². The van der Waals surface area contributed by atoms with E-state index in [0.717, 1.165) is 28.9 Å². The van der Waals surface area contributed by atoms with Gasteiger partial charge in [0.1, 0.15) is 11.2 Å². The van der Waals surface area contributed by atoms with E-state index in [1.54, 1.807) is 26.6 Å². The van der Waals surface area contributed by atoms with Crippen LogP contribution in [0, 0.1) is 24.2 Å². The zero-order valence-corrected chi connectivity index (χ0v) is 25.0. The van der Waals surface area contributed by atoms with Crippen LogP contribution in [-0.4, -0.2) is 57.7 Å². The Balaban J connectivity index is 1.70. The first-order chi connectivity index (χ1) is 19.2. The van der Waals surface area contributed by atoms with Crippen LogP contribution in [0.4, 0.5) is 15.4 Å². The molecule has 9 heteroatoms. The lowest BCUT2D eigenvalue weighted by Gasteiger charge is -2.28. The Kier molecular flexibility index (Phi) is 8.43. The highest BCUT2D eigenvalue weighted by atomic mass is 16.6. The lowest BCUT2D eigenvalue weighted by molar-refractivity contribution is 0.0288. The summed E-state index contributed by atoms with van der Waals surface area (Å²) in [6, 6.07) is 19.3. The van der Waals surface area contributed by atoms with Crippen LogP contribution in [-0.2, 0) is 9.47 Å². The molecule has 0 saturated carbocycles. The molecule has 2 aromatic carbocycles. The van der Waals surface area contributed by atoms with Crippen LogP contribution >= 0.6 is 0 Å². The fourth-order valence-electron chi connectivity index (χ4n) is 4.62. The van der Waals surface area contributed by atoms with Crippen LogP contribution in [0.3, 0.4) is 0 Å². The van der Waals surface area contributed by atoms with E-state index >= 15 is 0 Å². The van der Waals surface area contributed by atoms with Crippen molar-refractivity contribution in [2.24, 2.45) is 5.92 Å². The largest absolute Gasteiger partial charge is 0.444 e. The van der Waals surface area contributed by atoms with E-state index < -0.39 is 17.3 Å². The van der Waals surface area contributed by atoms with Gasteiger partial charge in [-0.2, -0.15) is 5.26 Å². The molecular weight excluding hydrogens is 518 g/mol. The van der Waals surface area contributed by atoms with Crippen molar-refractivity contribution in [3.05, 3.63) is 65.7 Å². The lowest BCUT2D eigenvalue weighted by Crippen LogP contribution is -2.41. The quantitative estimate of drug-likeness (QED) is 0.345. The molecule has 0 radical (unpaired) electrons. The number of aromatic nitrogens is 2. The number of aryl methyl sites for hydroxylation is 1. The monoisotopic (exact) mass is 557 g/mol. The first kappa shape index (κ1) is 29.7. The number of benzene rings is 2. The fraction of sp³-hybridized carbons (Fsp3) is 0.438. The van der Waals surface area contributed by atoms with Crippen molar-refractivity contribution in [3.8, 4) is 23.0 Å². The number of anilines is 1. The number of carbonyl (C=O) groups is 2. The molecule has 2 amide bonds. The smallest absolute Gasteiger partial charge is 0.416 e. The summed E-state index contributed by atoms with van der Waals surface area (Å²) in [4.78, 5) is 29.5. The number of carbonyl (C=O) groups excluding carboxylic acids is 2. The highest BCUT2D eigenvalue weighted by molar-refractivity contribution is 5.88. The predicted octanol–water partition coefficient (Wildman–Crippen LogP) is 6.72. The molecule has 1 saturated heterocycles. The minimum absolute atomic E-state index is 0.0120. The van der Waals surface area contributed by atoms with Gasteiger partial charge in [0.25, 0.3) is 0 Å². The van der Waals surface area contributed by atoms with E-state index in [0.29, 0.717) is 31.0 Å². The summed E-state index contributed by atoms with van der Waals surface area (Å²) in [5.74, 6) is 0.452. The molecule has 1 aromatic heterocycles. The molecule has 41 heavy (non-hydrogen) atoms.